The van der Waals surface area contributed by atoms with E-state index in [1.54, 1.807) is 18.2 Å². The van der Waals surface area contributed by atoms with E-state index in [0.717, 1.165) is 5.56 Å². The molecule has 1 amide bonds. The molecule has 2 aromatic rings. The molecule has 1 heterocycles. The van der Waals surface area contributed by atoms with Gasteiger partial charge in [0.15, 0.2) is 18.1 Å². The number of fused-ring (bicyclic) bond motifs is 1. The topological polar surface area (TPSA) is 108 Å². The van der Waals surface area contributed by atoms with Gasteiger partial charge in [0.05, 0.1) is 17.6 Å². The summed E-state index contributed by atoms with van der Waals surface area (Å²) in [6.07, 6.45) is 2.89. The Morgan fingerprint density at radius 2 is 2.03 bits per heavy atom. The van der Waals surface area contributed by atoms with Crippen molar-refractivity contribution in [3.8, 4) is 11.5 Å². The molecule has 0 atom stereocenters. The highest BCUT2D eigenvalue weighted by molar-refractivity contribution is 5.98. The molecule has 0 radical (unpaired) electrons. The predicted molar refractivity (Wildman–Crippen MR) is 113 cm³/mol. The molecule has 9 nitrogen and oxygen atoms in total. The normalized spacial score (nSPS) is 12.5. The summed E-state index contributed by atoms with van der Waals surface area (Å²) in [6.45, 7) is 3.86. The Bertz CT molecular complexity index is 1020. The zero-order valence-corrected chi connectivity index (χ0v) is 17.0. The summed E-state index contributed by atoms with van der Waals surface area (Å²) >= 11 is 0. The second-order valence-electron chi connectivity index (χ2n) is 6.76. The molecule has 0 bridgehead atoms. The van der Waals surface area contributed by atoms with Crippen LogP contribution in [0, 0.1) is 10.1 Å². The number of esters is 1. The fourth-order valence-corrected chi connectivity index (χ4v) is 3.31. The summed E-state index contributed by atoms with van der Waals surface area (Å²) in [5.41, 5.74) is 1.52. The number of hydrogen-bond donors (Lipinski definition) is 0. The highest BCUT2D eigenvalue weighted by Crippen LogP contribution is 2.31. The fourth-order valence-electron chi connectivity index (χ4n) is 3.31. The molecule has 1 aliphatic rings. The Balaban J connectivity index is 1.67. The largest absolute Gasteiger partial charge is 0.493 e. The maximum absolute atomic E-state index is 12.7. The third-order valence-electron chi connectivity index (χ3n) is 4.78. The van der Waals surface area contributed by atoms with Crippen molar-refractivity contribution in [1.82, 2.24) is 0 Å². The number of carbonyl (C=O) groups is 2. The maximum atomic E-state index is 12.7. The molecule has 0 fully saturated rings. The summed E-state index contributed by atoms with van der Waals surface area (Å²) in [5.74, 6) is -0.271. The molecule has 0 saturated heterocycles. The number of ether oxygens (including phenoxy) is 3. The van der Waals surface area contributed by atoms with Gasteiger partial charge < -0.3 is 19.1 Å². The van der Waals surface area contributed by atoms with E-state index in [1.165, 1.54) is 36.3 Å². The van der Waals surface area contributed by atoms with Gasteiger partial charge in [-0.25, -0.2) is 4.79 Å². The lowest BCUT2D eigenvalue weighted by atomic mass is 10.0. The third kappa shape index (κ3) is 5.00. The van der Waals surface area contributed by atoms with Crippen LogP contribution in [-0.2, 0) is 16.0 Å². The molecule has 0 N–H and O–H groups in total. The van der Waals surface area contributed by atoms with Crippen molar-refractivity contribution in [3.05, 3.63) is 70.3 Å². The fraction of sp³-hybridized carbons (Fsp3) is 0.273. The minimum atomic E-state index is -0.678. The number of hydrogen-bond acceptors (Lipinski definition) is 7. The number of amides is 1. The highest BCUT2D eigenvalue weighted by atomic mass is 16.6. The number of carbonyl (C=O) groups excluding carboxylic acids is 2. The van der Waals surface area contributed by atoms with Crippen LogP contribution in [0.25, 0.3) is 0 Å². The van der Waals surface area contributed by atoms with Crippen LogP contribution in [0.5, 0.6) is 11.5 Å². The SMILES string of the molecule is C=CCOc1ccc(C(=O)OCC(=O)N2CCCc3cc([N+](=O)[O-])ccc32)cc1OC. The van der Waals surface area contributed by atoms with Crippen molar-refractivity contribution in [1.29, 1.82) is 0 Å². The van der Waals surface area contributed by atoms with Gasteiger partial charge >= 0.3 is 5.97 Å². The maximum Gasteiger partial charge on any atom is 0.338 e. The third-order valence-corrected chi connectivity index (χ3v) is 4.78. The van der Waals surface area contributed by atoms with E-state index in [4.69, 9.17) is 14.2 Å². The van der Waals surface area contributed by atoms with E-state index in [-0.39, 0.29) is 17.9 Å². The van der Waals surface area contributed by atoms with E-state index in [0.29, 0.717) is 36.6 Å². The molecule has 2 aromatic carbocycles. The second kappa shape index (κ2) is 9.75. The summed E-state index contributed by atoms with van der Waals surface area (Å²) in [6, 6.07) is 8.96. The Hall–Kier alpha value is -3.88. The first-order chi connectivity index (χ1) is 14.9. The van der Waals surface area contributed by atoms with Crippen molar-refractivity contribution < 1.29 is 28.7 Å². The number of non-ortho nitro benzene ring substituents is 1. The molecule has 3 rings (SSSR count). The van der Waals surface area contributed by atoms with Crippen molar-refractivity contribution in [2.45, 2.75) is 12.8 Å². The zero-order chi connectivity index (χ0) is 22.4. The van der Waals surface area contributed by atoms with Crippen LogP contribution in [0.1, 0.15) is 22.3 Å². The van der Waals surface area contributed by atoms with Gasteiger partial charge in [-0.15, -0.1) is 0 Å². The number of benzene rings is 2. The molecule has 0 aromatic heterocycles. The number of nitro groups is 1. The van der Waals surface area contributed by atoms with Gasteiger partial charge in [-0.3, -0.25) is 14.9 Å². The Labute approximate surface area is 179 Å². The monoisotopic (exact) mass is 426 g/mol. The smallest absolute Gasteiger partial charge is 0.338 e. The molecular formula is C22H22N2O7. The first-order valence-corrected chi connectivity index (χ1v) is 9.61. The first kappa shape index (κ1) is 21.8. The van der Waals surface area contributed by atoms with E-state index in [1.807, 2.05) is 0 Å². The van der Waals surface area contributed by atoms with Crippen LogP contribution < -0.4 is 14.4 Å². The molecule has 0 saturated carbocycles. The minimum absolute atomic E-state index is 0.0195. The van der Waals surface area contributed by atoms with Crippen LogP contribution in [0.4, 0.5) is 11.4 Å². The summed E-state index contributed by atoms with van der Waals surface area (Å²) in [4.78, 5) is 37.1. The van der Waals surface area contributed by atoms with Crippen molar-refractivity contribution in [2.75, 3.05) is 31.8 Å². The summed E-state index contributed by atoms with van der Waals surface area (Å²) in [7, 11) is 1.45. The lowest BCUT2D eigenvalue weighted by molar-refractivity contribution is -0.384. The average molecular weight is 426 g/mol. The molecule has 9 heteroatoms. The predicted octanol–water partition coefficient (Wildman–Crippen LogP) is 3.30. The van der Waals surface area contributed by atoms with Gasteiger partial charge in [0, 0.05) is 24.4 Å². The quantitative estimate of drug-likeness (QED) is 0.276. The van der Waals surface area contributed by atoms with Crippen LogP contribution >= 0.6 is 0 Å². The van der Waals surface area contributed by atoms with Gasteiger partial charge in [0.2, 0.25) is 0 Å². The van der Waals surface area contributed by atoms with Crippen LogP contribution in [-0.4, -0.2) is 43.7 Å². The van der Waals surface area contributed by atoms with Gasteiger partial charge in [-0.2, -0.15) is 0 Å². The molecule has 0 spiro atoms. The van der Waals surface area contributed by atoms with Gasteiger partial charge in [-0.05, 0) is 42.7 Å². The molecule has 0 unspecified atom stereocenters. The van der Waals surface area contributed by atoms with Crippen molar-refractivity contribution >= 4 is 23.3 Å². The number of nitro benzene ring substituents is 1. The van der Waals surface area contributed by atoms with E-state index < -0.39 is 23.4 Å². The van der Waals surface area contributed by atoms with Crippen LogP contribution in [0.2, 0.25) is 0 Å². The number of anilines is 1. The standard InChI is InChI=1S/C22H22N2O7/c1-3-11-30-19-9-6-16(13-20(19)29-2)22(26)31-14-21(25)23-10-4-5-15-12-17(24(27)28)7-8-18(15)23/h3,6-9,12-13H,1,4-5,10-11,14H2,2H3. The van der Waals surface area contributed by atoms with Crippen molar-refractivity contribution in [3.63, 3.8) is 0 Å². The summed E-state index contributed by atoms with van der Waals surface area (Å²) < 4.78 is 15.9. The minimum Gasteiger partial charge on any atom is -0.493 e. The number of methoxy groups -OCH3 is 1. The molecule has 162 valence electrons. The van der Waals surface area contributed by atoms with Gasteiger partial charge in [0.1, 0.15) is 6.61 Å². The van der Waals surface area contributed by atoms with Crippen LogP contribution in [0.3, 0.4) is 0 Å². The number of nitrogens with zero attached hydrogens (tertiary/aromatic N) is 2. The summed E-state index contributed by atoms with van der Waals surface area (Å²) in [5, 5.41) is 11.0. The Kier molecular flexibility index (Phi) is 6.86. The van der Waals surface area contributed by atoms with Gasteiger partial charge in [-0.1, -0.05) is 12.7 Å². The number of rotatable bonds is 8. The molecule has 0 aliphatic carbocycles. The van der Waals surface area contributed by atoms with E-state index in [2.05, 4.69) is 6.58 Å². The lowest BCUT2D eigenvalue weighted by Crippen LogP contribution is -2.38. The second-order valence-corrected chi connectivity index (χ2v) is 6.76. The average Bonchev–Trinajstić information content (AvgIpc) is 2.79. The van der Waals surface area contributed by atoms with Crippen molar-refractivity contribution in [2.24, 2.45) is 0 Å². The number of aryl methyl sites for hydroxylation is 1. The van der Waals surface area contributed by atoms with Crippen LogP contribution in [0.15, 0.2) is 49.1 Å². The van der Waals surface area contributed by atoms with Gasteiger partial charge in [0.25, 0.3) is 11.6 Å². The zero-order valence-electron chi connectivity index (χ0n) is 17.0. The highest BCUT2D eigenvalue weighted by Gasteiger charge is 2.25. The Morgan fingerprint density at radius 3 is 2.74 bits per heavy atom. The molecule has 31 heavy (non-hydrogen) atoms. The molecular weight excluding hydrogens is 404 g/mol. The van der Waals surface area contributed by atoms with E-state index >= 15 is 0 Å². The lowest BCUT2D eigenvalue weighted by Gasteiger charge is -2.29. The first-order valence-electron chi connectivity index (χ1n) is 9.61. The molecule has 1 aliphatic heterocycles. The van der Waals surface area contributed by atoms with E-state index in [9.17, 15) is 19.7 Å². The Morgan fingerprint density at radius 1 is 1.23 bits per heavy atom.